The minimum atomic E-state index is -4.35. The van der Waals surface area contributed by atoms with Crippen LogP contribution in [0.5, 0.6) is 0 Å². The fourth-order valence-electron chi connectivity index (χ4n) is 1.75. The summed E-state index contributed by atoms with van der Waals surface area (Å²) in [6, 6.07) is 8.97. The van der Waals surface area contributed by atoms with E-state index in [1.165, 1.54) is 46.9 Å². The molecule has 124 valence electrons. The van der Waals surface area contributed by atoms with Gasteiger partial charge >= 0.3 is 5.51 Å². The molecule has 0 aliphatic rings. The number of nitrogens with one attached hydrogen (secondary N) is 1. The number of halogens is 3. The predicted octanol–water partition coefficient (Wildman–Crippen LogP) is 5.13. The van der Waals surface area contributed by atoms with E-state index in [2.05, 4.69) is 15.5 Å². The Morgan fingerprint density at radius 2 is 1.88 bits per heavy atom. The van der Waals surface area contributed by atoms with Gasteiger partial charge in [0.2, 0.25) is 5.13 Å². The molecule has 0 unspecified atom stereocenters. The minimum absolute atomic E-state index is 0.0231. The average Bonchev–Trinajstić information content (AvgIpc) is 3.16. The summed E-state index contributed by atoms with van der Waals surface area (Å²) in [6.45, 7) is 0. The van der Waals surface area contributed by atoms with Crippen molar-refractivity contribution < 1.29 is 18.0 Å². The normalized spacial score (nSPS) is 11.5. The summed E-state index contributed by atoms with van der Waals surface area (Å²) in [5, 5.41) is 13.4. The monoisotopic (exact) mass is 387 g/mol. The Morgan fingerprint density at radius 3 is 2.50 bits per heavy atom. The number of benzene rings is 1. The lowest BCUT2D eigenvalue weighted by atomic mass is 10.2. The molecule has 0 aliphatic carbocycles. The molecule has 1 N–H and O–H groups in total. The number of carbonyl (C=O) groups is 1. The van der Waals surface area contributed by atoms with Crippen LogP contribution in [-0.4, -0.2) is 21.6 Å². The second-order valence-electron chi connectivity index (χ2n) is 4.42. The summed E-state index contributed by atoms with van der Waals surface area (Å²) in [6.07, 6.45) is 0. The van der Waals surface area contributed by atoms with Gasteiger partial charge in [0.05, 0.1) is 4.88 Å². The molecule has 1 amide bonds. The lowest BCUT2D eigenvalue weighted by Gasteiger charge is -2.06. The van der Waals surface area contributed by atoms with E-state index in [9.17, 15) is 18.0 Å². The van der Waals surface area contributed by atoms with Crippen molar-refractivity contribution in [3.63, 3.8) is 0 Å². The van der Waals surface area contributed by atoms with E-state index >= 15 is 0 Å². The van der Waals surface area contributed by atoms with E-state index in [4.69, 9.17) is 0 Å². The first kappa shape index (κ1) is 16.9. The van der Waals surface area contributed by atoms with Gasteiger partial charge in [0.25, 0.3) is 5.91 Å². The van der Waals surface area contributed by atoms with Crippen LogP contribution in [0.2, 0.25) is 0 Å². The Bertz CT molecular complexity index is 829. The molecular weight excluding hydrogens is 379 g/mol. The number of aromatic nitrogens is 2. The van der Waals surface area contributed by atoms with Gasteiger partial charge in [-0.3, -0.25) is 10.1 Å². The molecule has 2 heterocycles. The number of nitrogens with zero attached hydrogens (tertiary/aromatic N) is 2. The van der Waals surface area contributed by atoms with Gasteiger partial charge in [-0.25, -0.2) is 0 Å². The number of amides is 1. The Balaban J connectivity index is 1.67. The van der Waals surface area contributed by atoms with Gasteiger partial charge < -0.3 is 0 Å². The first-order valence-electron chi connectivity index (χ1n) is 6.45. The third-order valence-corrected chi connectivity index (χ3v) is 5.34. The molecule has 24 heavy (non-hydrogen) atoms. The van der Waals surface area contributed by atoms with E-state index in [0.717, 1.165) is 4.88 Å². The number of anilines is 1. The van der Waals surface area contributed by atoms with Crippen LogP contribution in [0.1, 0.15) is 10.4 Å². The summed E-state index contributed by atoms with van der Waals surface area (Å²) in [5.74, 6) is -0.451. The molecular formula is C14H8F3N3OS3. The van der Waals surface area contributed by atoms with Crippen LogP contribution >= 0.6 is 34.4 Å². The maximum atomic E-state index is 12.3. The number of thiophene rings is 1. The van der Waals surface area contributed by atoms with Gasteiger partial charge in [-0.15, -0.1) is 21.5 Å². The minimum Gasteiger partial charge on any atom is -0.296 e. The molecule has 0 aliphatic heterocycles. The maximum Gasteiger partial charge on any atom is 0.446 e. The quantitative estimate of drug-likeness (QED) is 0.631. The van der Waals surface area contributed by atoms with Crippen molar-refractivity contribution in [1.82, 2.24) is 10.2 Å². The molecule has 3 aromatic rings. The van der Waals surface area contributed by atoms with Crippen LogP contribution < -0.4 is 5.32 Å². The Labute approximate surface area is 146 Å². The molecule has 0 saturated heterocycles. The van der Waals surface area contributed by atoms with Crippen LogP contribution in [0.3, 0.4) is 0 Å². The average molecular weight is 387 g/mol. The van der Waals surface area contributed by atoms with E-state index in [1.807, 2.05) is 17.5 Å². The van der Waals surface area contributed by atoms with Gasteiger partial charge in [0.1, 0.15) is 0 Å². The number of thioether (sulfide) groups is 1. The zero-order chi connectivity index (χ0) is 17.2. The van der Waals surface area contributed by atoms with Gasteiger partial charge in [-0.2, -0.15) is 13.2 Å². The molecule has 0 radical (unpaired) electrons. The molecule has 0 fully saturated rings. The molecule has 2 aromatic heterocycles. The van der Waals surface area contributed by atoms with Crippen LogP contribution in [0.4, 0.5) is 18.3 Å². The molecule has 0 bridgehead atoms. The molecule has 10 heteroatoms. The van der Waals surface area contributed by atoms with E-state index in [0.29, 0.717) is 10.1 Å². The molecule has 4 nitrogen and oxygen atoms in total. The summed E-state index contributed by atoms with van der Waals surface area (Å²) >= 11 is 2.52. The maximum absolute atomic E-state index is 12.3. The second-order valence-corrected chi connectivity index (χ2v) is 7.48. The van der Waals surface area contributed by atoms with Crippen molar-refractivity contribution in [2.45, 2.75) is 10.4 Å². The van der Waals surface area contributed by atoms with E-state index in [1.54, 1.807) is 0 Å². The second kappa shape index (κ2) is 6.91. The number of rotatable bonds is 4. The van der Waals surface area contributed by atoms with Crippen molar-refractivity contribution in [3.05, 3.63) is 47.3 Å². The van der Waals surface area contributed by atoms with Crippen molar-refractivity contribution in [2.24, 2.45) is 0 Å². The number of alkyl halides is 3. The van der Waals surface area contributed by atoms with Gasteiger partial charge in [-0.1, -0.05) is 17.4 Å². The molecule has 1 aromatic carbocycles. The van der Waals surface area contributed by atoms with Gasteiger partial charge in [-0.05, 0) is 47.5 Å². The van der Waals surface area contributed by atoms with Gasteiger partial charge in [0.15, 0.2) is 5.01 Å². The topological polar surface area (TPSA) is 54.9 Å². The standard InChI is InChI=1S/C14H8F3N3OS3/c15-14(16,17)24-9-5-3-8(4-6-9)11(21)18-13-20-19-12(23-13)10-2-1-7-22-10/h1-7H,(H,18,20,21). The highest BCUT2D eigenvalue weighted by molar-refractivity contribution is 8.00. The Hall–Kier alpha value is -1.91. The third kappa shape index (κ3) is 4.34. The molecule has 0 atom stereocenters. The SMILES string of the molecule is O=C(Nc1nnc(-c2cccs2)s1)c1ccc(SC(F)(F)F)cc1. The number of hydrogen-bond donors (Lipinski definition) is 1. The predicted molar refractivity (Wildman–Crippen MR) is 89.5 cm³/mol. The highest BCUT2D eigenvalue weighted by atomic mass is 32.2. The Morgan fingerprint density at radius 1 is 1.12 bits per heavy atom. The van der Waals surface area contributed by atoms with E-state index < -0.39 is 11.4 Å². The summed E-state index contributed by atoms with van der Waals surface area (Å²) < 4.78 is 36.8. The summed E-state index contributed by atoms with van der Waals surface area (Å²) in [4.78, 5) is 13.1. The Kier molecular flexibility index (Phi) is 4.88. The van der Waals surface area contributed by atoms with Crippen LogP contribution in [0.15, 0.2) is 46.7 Å². The summed E-state index contributed by atoms with van der Waals surface area (Å²) in [5.41, 5.74) is -4.11. The highest BCUT2D eigenvalue weighted by Crippen LogP contribution is 2.36. The van der Waals surface area contributed by atoms with Crippen molar-refractivity contribution >= 4 is 45.5 Å². The third-order valence-electron chi connectivity index (χ3n) is 2.73. The zero-order valence-corrected chi connectivity index (χ0v) is 14.2. The van der Waals surface area contributed by atoms with Crippen molar-refractivity contribution in [3.8, 4) is 9.88 Å². The van der Waals surface area contributed by atoms with Crippen molar-refractivity contribution in [1.29, 1.82) is 0 Å². The lowest BCUT2D eigenvalue weighted by molar-refractivity contribution is -0.0328. The van der Waals surface area contributed by atoms with Crippen LogP contribution in [-0.2, 0) is 0 Å². The summed E-state index contributed by atoms with van der Waals surface area (Å²) in [7, 11) is 0. The first-order chi connectivity index (χ1) is 11.4. The van der Waals surface area contributed by atoms with Crippen LogP contribution in [0.25, 0.3) is 9.88 Å². The van der Waals surface area contributed by atoms with Gasteiger partial charge in [0, 0.05) is 10.5 Å². The molecule has 3 rings (SSSR count). The fourth-order valence-corrected chi connectivity index (χ4v) is 3.82. The van der Waals surface area contributed by atoms with E-state index in [-0.39, 0.29) is 22.2 Å². The van der Waals surface area contributed by atoms with Crippen molar-refractivity contribution in [2.75, 3.05) is 5.32 Å². The fraction of sp³-hybridized carbons (Fsp3) is 0.0714. The van der Waals surface area contributed by atoms with Crippen LogP contribution in [0, 0.1) is 0 Å². The molecule has 0 saturated carbocycles. The molecule has 0 spiro atoms. The highest BCUT2D eigenvalue weighted by Gasteiger charge is 2.29. The smallest absolute Gasteiger partial charge is 0.296 e. The first-order valence-corrected chi connectivity index (χ1v) is 8.96. The largest absolute Gasteiger partial charge is 0.446 e. The lowest BCUT2D eigenvalue weighted by Crippen LogP contribution is -2.11. The number of hydrogen-bond acceptors (Lipinski definition) is 6. The number of carbonyl (C=O) groups excluding carboxylic acids is 1. The zero-order valence-electron chi connectivity index (χ0n) is 11.7.